The summed E-state index contributed by atoms with van der Waals surface area (Å²) in [6.45, 7) is 1.82. The van der Waals surface area contributed by atoms with Gasteiger partial charge in [-0.25, -0.2) is 4.98 Å². The van der Waals surface area contributed by atoms with Crippen LogP contribution in [-0.4, -0.2) is 25.0 Å². The van der Waals surface area contributed by atoms with E-state index in [0.717, 1.165) is 5.69 Å². The molecule has 0 bridgehead atoms. The first-order valence-electron chi connectivity index (χ1n) is 5.34. The Morgan fingerprint density at radius 1 is 1.22 bits per heavy atom. The second-order valence-electron chi connectivity index (χ2n) is 3.67. The first-order chi connectivity index (χ1) is 8.67. The van der Waals surface area contributed by atoms with E-state index in [0.29, 0.717) is 21.9 Å². The highest BCUT2D eigenvalue weighted by atomic mass is 32.1. The largest absolute Gasteiger partial charge is 0.493 e. The summed E-state index contributed by atoms with van der Waals surface area (Å²) in [5, 5.41) is 0. The monoisotopic (exact) mass is 263 g/mol. The van der Waals surface area contributed by atoms with Crippen LogP contribution in [0.4, 0.5) is 0 Å². The Morgan fingerprint density at radius 2 is 1.94 bits per heavy atom. The average molecular weight is 263 g/mol. The molecule has 5 heteroatoms. The van der Waals surface area contributed by atoms with Crippen molar-refractivity contribution in [3.8, 4) is 11.5 Å². The Labute approximate surface area is 109 Å². The Kier molecular flexibility index (Phi) is 3.62. The number of aromatic nitrogens is 1. The second kappa shape index (κ2) is 5.18. The molecule has 4 nitrogen and oxygen atoms in total. The van der Waals surface area contributed by atoms with Crippen molar-refractivity contribution in [1.82, 2.24) is 4.98 Å². The van der Waals surface area contributed by atoms with Gasteiger partial charge >= 0.3 is 0 Å². The van der Waals surface area contributed by atoms with Crippen LogP contribution in [0.2, 0.25) is 0 Å². The van der Waals surface area contributed by atoms with Crippen molar-refractivity contribution >= 4 is 17.1 Å². The molecule has 0 aliphatic carbocycles. The lowest BCUT2D eigenvalue weighted by Gasteiger charge is -2.08. The normalized spacial score (nSPS) is 10.2. The third kappa shape index (κ3) is 2.22. The van der Waals surface area contributed by atoms with Crippen LogP contribution in [-0.2, 0) is 0 Å². The molecule has 18 heavy (non-hydrogen) atoms. The van der Waals surface area contributed by atoms with Gasteiger partial charge < -0.3 is 9.47 Å². The van der Waals surface area contributed by atoms with Gasteiger partial charge in [0.05, 0.1) is 30.3 Å². The predicted molar refractivity (Wildman–Crippen MR) is 69.8 cm³/mol. The first kappa shape index (κ1) is 12.6. The van der Waals surface area contributed by atoms with E-state index in [1.54, 1.807) is 37.9 Å². The number of thiazole rings is 1. The van der Waals surface area contributed by atoms with Gasteiger partial charge in [0.1, 0.15) is 0 Å². The number of hydrogen-bond acceptors (Lipinski definition) is 5. The molecule has 2 aromatic rings. The minimum atomic E-state index is -0.0454. The van der Waals surface area contributed by atoms with Crippen LogP contribution in [0.15, 0.2) is 23.7 Å². The molecular formula is C13H13NO3S. The molecule has 0 saturated heterocycles. The standard InChI is InChI=1S/C13H13NO3S/c1-8-13(18-7-14-8)12(15)9-4-5-10(16-2)11(6-9)17-3/h4-7H,1-3H3. The van der Waals surface area contributed by atoms with Crippen LogP contribution < -0.4 is 9.47 Å². The molecule has 0 atom stereocenters. The van der Waals surface area contributed by atoms with Crippen molar-refractivity contribution in [2.75, 3.05) is 14.2 Å². The molecule has 1 heterocycles. The fourth-order valence-corrected chi connectivity index (χ4v) is 2.39. The number of rotatable bonds is 4. The highest BCUT2D eigenvalue weighted by Gasteiger charge is 2.16. The van der Waals surface area contributed by atoms with Gasteiger partial charge in [0.2, 0.25) is 5.78 Å². The SMILES string of the molecule is COc1ccc(C(=O)c2scnc2C)cc1OC. The quantitative estimate of drug-likeness (QED) is 0.796. The average Bonchev–Trinajstić information content (AvgIpc) is 2.83. The third-order valence-corrected chi connectivity index (χ3v) is 3.52. The minimum Gasteiger partial charge on any atom is -0.493 e. The summed E-state index contributed by atoms with van der Waals surface area (Å²) < 4.78 is 10.3. The van der Waals surface area contributed by atoms with Crippen LogP contribution in [0.3, 0.4) is 0 Å². The van der Waals surface area contributed by atoms with E-state index in [1.807, 2.05) is 6.92 Å². The van der Waals surface area contributed by atoms with E-state index >= 15 is 0 Å². The zero-order valence-electron chi connectivity index (χ0n) is 10.4. The summed E-state index contributed by atoms with van der Waals surface area (Å²) in [4.78, 5) is 17.0. The maximum Gasteiger partial charge on any atom is 0.204 e. The number of methoxy groups -OCH3 is 2. The molecule has 1 aromatic heterocycles. The van der Waals surface area contributed by atoms with Gasteiger partial charge in [-0.2, -0.15) is 0 Å². The molecule has 0 aliphatic rings. The fourth-order valence-electron chi connectivity index (χ4n) is 1.63. The second-order valence-corrected chi connectivity index (χ2v) is 4.52. The molecule has 0 aliphatic heterocycles. The van der Waals surface area contributed by atoms with E-state index in [-0.39, 0.29) is 5.78 Å². The van der Waals surface area contributed by atoms with Crippen molar-refractivity contribution in [3.05, 3.63) is 39.8 Å². The molecule has 0 amide bonds. The number of ketones is 1. The first-order valence-corrected chi connectivity index (χ1v) is 6.22. The van der Waals surface area contributed by atoms with Crippen LogP contribution in [0, 0.1) is 6.92 Å². The van der Waals surface area contributed by atoms with Gasteiger partial charge in [0, 0.05) is 5.56 Å². The van der Waals surface area contributed by atoms with Crippen LogP contribution in [0.1, 0.15) is 20.9 Å². The zero-order chi connectivity index (χ0) is 13.1. The summed E-state index contributed by atoms with van der Waals surface area (Å²) in [5.41, 5.74) is 2.99. The van der Waals surface area contributed by atoms with E-state index in [1.165, 1.54) is 11.3 Å². The van der Waals surface area contributed by atoms with Crippen molar-refractivity contribution in [3.63, 3.8) is 0 Å². The topological polar surface area (TPSA) is 48.4 Å². The highest BCUT2D eigenvalue weighted by Crippen LogP contribution is 2.29. The van der Waals surface area contributed by atoms with E-state index < -0.39 is 0 Å². The number of carbonyl (C=O) groups excluding carboxylic acids is 1. The lowest BCUT2D eigenvalue weighted by Crippen LogP contribution is -2.02. The molecule has 1 aromatic carbocycles. The van der Waals surface area contributed by atoms with Gasteiger partial charge in [-0.15, -0.1) is 11.3 Å². The van der Waals surface area contributed by atoms with Crippen molar-refractivity contribution in [2.24, 2.45) is 0 Å². The molecule has 0 N–H and O–H groups in total. The molecule has 0 radical (unpaired) electrons. The van der Waals surface area contributed by atoms with Crippen LogP contribution in [0.25, 0.3) is 0 Å². The lowest BCUT2D eigenvalue weighted by atomic mass is 10.1. The number of carbonyl (C=O) groups is 1. The summed E-state index contributed by atoms with van der Waals surface area (Å²) in [7, 11) is 3.11. The smallest absolute Gasteiger partial charge is 0.204 e. The summed E-state index contributed by atoms with van der Waals surface area (Å²) in [6.07, 6.45) is 0. The van der Waals surface area contributed by atoms with Crippen molar-refractivity contribution in [2.45, 2.75) is 6.92 Å². The molecule has 0 spiro atoms. The van der Waals surface area contributed by atoms with E-state index in [4.69, 9.17) is 9.47 Å². The Morgan fingerprint density at radius 3 is 2.50 bits per heavy atom. The number of aryl methyl sites for hydroxylation is 1. The Balaban J connectivity index is 2.40. The van der Waals surface area contributed by atoms with Crippen LogP contribution in [0.5, 0.6) is 11.5 Å². The molecular weight excluding hydrogens is 250 g/mol. The van der Waals surface area contributed by atoms with Gasteiger partial charge in [0.15, 0.2) is 11.5 Å². The summed E-state index contributed by atoms with van der Waals surface area (Å²) in [6, 6.07) is 5.13. The molecule has 0 saturated carbocycles. The van der Waals surface area contributed by atoms with Gasteiger partial charge in [0.25, 0.3) is 0 Å². The summed E-state index contributed by atoms with van der Waals surface area (Å²) in [5.74, 6) is 1.11. The van der Waals surface area contributed by atoms with Gasteiger partial charge in [-0.3, -0.25) is 4.79 Å². The maximum absolute atomic E-state index is 12.3. The van der Waals surface area contributed by atoms with Crippen LogP contribution >= 0.6 is 11.3 Å². The van der Waals surface area contributed by atoms with E-state index in [2.05, 4.69) is 4.98 Å². The van der Waals surface area contributed by atoms with Gasteiger partial charge in [-0.1, -0.05) is 0 Å². The molecule has 2 rings (SSSR count). The summed E-state index contributed by atoms with van der Waals surface area (Å²) >= 11 is 1.34. The van der Waals surface area contributed by atoms with Crippen molar-refractivity contribution < 1.29 is 14.3 Å². The molecule has 94 valence electrons. The number of hydrogen-bond donors (Lipinski definition) is 0. The zero-order valence-corrected chi connectivity index (χ0v) is 11.2. The number of ether oxygens (including phenoxy) is 2. The van der Waals surface area contributed by atoms with Gasteiger partial charge in [-0.05, 0) is 25.1 Å². The molecule has 0 unspecified atom stereocenters. The fraction of sp³-hybridized carbons (Fsp3) is 0.231. The Hall–Kier alpha value is -1.88. The van der Waals surface area contributed by atoms with Crippen molar-refractivity contribution in [1.29, 1.82) is 0 Å². The Bertz CT molecular complexity index is 577. The minimum absolute atomic E-state index is 0.0454. The van der Waals surface area contributed by atoms with E-state index in [9.17, 15) is 4.79 Å². The number of benzene rings is 1. The molecule has 0 fully saturated rings. The third-order valence-electron chi connectivity index (χ3n) is 2.60. The number of nitrogens with zero attached hydrogens (tertiary/aromatic N) is 1. The predicted octanol–water partition coefficient (Wildman–Crippen LogP) is 2.70. The highest BCUT2D eigenvalue weighted by molar-refractivity contribution is 7.12. The maximum atomic E-state index is 12.3. The lowest BCUT2D eigenvalue weighted by molar-refractivity contribution is 0.104.